The number of carbonyl (C=O) groups is 3. The first-order valence-corrected chi connectivity index (χ1v) is 10.1. The summed E-state index contributed by atoms with van der Waals surface area (Å²) in [7, 11) is 0. The van der Waals surface area contributed by atoms with E-state index in [1.807, 2.05) is 20.8 Å². The number of aliphatic hydroxyl groups excluding tert-OH is 1. The minimum absolute atomic E-state index is 0.0623. The van der Waals surface area contributed by atoms with Gasteiger partial charge >= 0.3 is 17.9 Å². The molecular formula is C20H24O9. The number of carbonyl (C=O) groups excluding carboxylic acids is 3. The molecule has 0 amide bonds. The van der Waals surface area contributed by atoms with Gasteiger partial charge in [-0.05, 0) is 24.7 Å². The molecule has 29 heavy (non-hydrogen) atoms. The lowest BCUT2D eigenvalue weighted by Crippen LogP contribution is -2.66. The van der Waals surface area contributed by atoms with Crippen molar-refractivity contribution in [2.75, 3.05) is 0 Å². The van der Waals surface area contributed by atoms with Crippen LogP contribution >= 0.6 is 0 Å². The summed E-state index contributed by atoms with van der Waals surface area (Å²) in [5.41, 5.74) is -6.81. The SMILES string of the molecule is C[C@@H]1C(=O)O[C@H]2C[C@@]34[C@H]5CC(C(C)(C)C)C36[C@@H](OC(=O)[C@@H]6O)O[C@@]4(C(=O)O5)[C@]21O. The Bertz CT molecular complexity index is 893. The molecule has 158 valence electrons. The van der Waals surface area contributed by atoms with Gasteiger partial charge in [0.05, 0.1) is 16.7 Å². The number of esters is 3. The summed E-state index contributed by atoms with van der Waals surface area (Å²) in [6.45, 7) is 7.47. The highest BCUT2D eigenvalue weighted by atomic mass is 16.8. The van der Waals surface area contributed by atoms with Gasteiger partial charge in [-0.3, -0.25) is 4.79 Å². The van der Waals surface area contributed by atoms with Crippen molar-refractivity contribution < 1.29 is 43.5 Å². The van der Waals surface area contributed by atoms with Gasteiger partial charge in [-0.25, -0.2) is 9.59 Å². The fraction of sp³-hybridized carbons (Fsp3) is 0.850. The predicted molar refractivity (Wildman–Crippen MR) is 90.6 cm³/mol. The van der Waals surface area contributed by atoms with Crippen molar-refractivity contribution in [3.63, 3.8) is 0 Å². The molecule has 0 bridgehead atoms. The number of rotatable bonds is 0. The van der Waals surface area contributed by atoms with E-state index in [0.717, 1.165) is 0 Å². The highest BCUT2D eigenvalue weighted by Gasteiger charge is 3.01. The molecule has 2 spiro atoms. The van der Waals surface area contributed by atoms with E-state index in [1.165, 1.54) is 6.92 Å². The van der Waals surface area contributed by atoms with E-state index >= 15 is 0 Å². The molecule has 2 N–H and O–H groups in total. The first kappa shape index (κ1) is 18.1. The summed E-state index contributed by atoms with van der Waals surface area (Å²) < 4.78 is 22.9. The Morgan fingerprint density at radius 3 is 2.38 bits per heavy atom. The molecule has 0 aromatic rings. The van der Waals surface area contributed by atoms with Gasteiger partial charge in [-0.2, -0.15) is 0 Å². The topological polar surface area (TPSA) is 129 Å². The van der Waals surface area contributed by atoms with Crippen LogP contribution in [-0.4, -0.2) is 63.9 Å². The molecule has 4 aliphatic heterocycles. The monoisotopic (exact) mass is 408 g/mol. The second-order valence-corrected chi connectivity index (χ2v) is 10.6. The van der Waals surface area contributed by atoms with Gasteiger partial charge in [0.2, 0.25) is 11.9 Å². The first-order valence-electron chi connectivity index (χ1n) is 10.1. The summed E-state index contributed by atoms with van der Waals surface area (Å²) in [5, 5.41) is 23.0. The summed E-state index contributed by atoms with van der Waals surface area (Å²) in [6.07, 6.45) is -3.96. The van der Waals surface area contributed by atoms with Crippen LogP contribution in [0.4, 0.5) is 0 Å². The van der Waals surface area contributed by atoms with Crippen LogP contribution in [0, 0.1) is 28.1 Å². The van der Waals surface area contributed by atoms with Gasteiger partial charge in [0.1, 0.15) is 12.2 Å². The van der Waals surface area contributed by atoms with Gasteiger partial charge in [0.25, 0.3) is 0 Å². The number of hydrogen-bond acceptors (Lipinski definition) is 9. The Labute approximate surface area is 166 Å². The van der Waals surface area contributed by atoms with Crippen molar-refractivity contribution in [1.29, 1.82) is 0 Å². The van der Waals surface area contributed by atoms with Crippen LogP contribution in [0.1, 0.15) is 40.5 Å². The molecule has 2 aliphatic carbocycles. The molecule has 9 nitrogen and oxygen atoms in total. The van der Waals surface area contributed by atoms with Crippen LogP contribution in [0.5, 0.6) is 0 Å². The molecular weight excluding hydrogens is 384 g/mol. The van der Waals surface area contributed by atoms with Gasteiger partial charge in [-0.15, -0.1) is 0 Å². The molecule has 6 aliphatic rings. The third kappa shape index (κ3) is 1.35. The second kappa shape index (κ2) is 4.48. The maximum absolute atomic E-state index is 13.3. The van der Waals surface area contributed by atoms with Gasteiger partial charge in [0, 0.05) is 6.42 Å². The van der Waals surface area contributed by atoms with E-state index in [0.29, 0.717) is 6.42 Å². The Hall–Kier alpha value is -1.71. The van der Waals surface area contributed by atoms with Crippen LogP contribution in [0.3, 0.4) is 0 Å². The highest BCUT2D eigenvalue weighted by molar-refractivity contribution is 5.93. The normalized spacial score (nSPS) is 59.2. The van der Waals surface area contributed by atoms with Gasteiger partial charge in [0.15, 0.2) is 11.7 Å². The van der Waals surface area contributed by atoms with Crippen molar-refractivity contribution in [3.05, 3.63) is 0 Å². The van der Waals surface area contributed by atoms with Crippen LogP contribution in [0.2, 0.25) is 0 Å². The maximum atomic E-state index is 13.3. The van der Waals surface area contributed by atoms with Gasteiger partial charge in [-0.1, -0.05) is 20.8 Å². The molecule has 0 aromatic heterocycles. The third-order valence-corrected chi connectivity index (χ3v) is 8.97. The standard InChI is InChI=1S/C20H24O9/c1-7-12(22)26-10-6-17-9-5-8(16(2,3)4)18(17)11(21)13(23)28-15(18)29-20(17,14(24)27-9)19(7,10)25/h7-11,15,21,25H,5-6H2,1-4H3/t7-,8?,9-,10+,11+,15+,17-,18?,19-,20-/m1/s1. The average Bonchev–Trinajstić information content (AvgIpc) is 3.31. The van der Waals surface area contributed by atoms with Crippen LogP contribution in [0.15, 0.2) is 0 Å². The van der Waals surface area contributed by atoms with Crippen molar-refractivity contribution >= 4 is 17.9 Å². The zero-order valence-corrected chi connectivity index (χ0v) is 16.6. The predicted octanol–water partition coefficient (Wildman–Crippen LogP) is -0.340. The Morgan fingerprint density at radius 1 is 1.03 bits per heavy atom. The summed E-state index contributed by atoms with van der Waals surface area (Å²) in [5.74, 6) is -3.52. The highest BCUT2D eigenvalue weighted by Crippen LogP contribution is 2.84. The maximum Gasteiger partial charge on any atom is 0.342 e. The molecule has 4 saturated heterocycles. The molecule has 0 radical (unpaired) electrons. The quantitative estimate of drug-likeness (QED) is 0.408. The fourth-order valence-corrected chi connectivity index (χ4v) is 8.06. The Balaban J connectivity index is 1.68. The summed E-state index contributed by atoms with van der Waals surface area (Å²) in [4.78, 5) is 38.1. The number of fused-ring (bicyclic) bond motifs is 1. The Kier molecular flexibility index (Phi) is 2.79. The lowest BCUT2D eigenvalue weighted by atomic mass is 9.51. The number of ether oxygens (including phenoxy) is 4. The van der Waals surface area contributed by atoms with Crippen molar-refractivity contribution in [3.8, 4) is 0 Å². The first-order chi connectivity index (χ1) is 13.4. The molecule has 4 heterocycles. The molecule has 10 atom stereocenters. The number of hydrogen-bond donors (Lipinski definition) is 2. The minimum Gasteiger partial charge on any atom is -0.459 e. The van der Waals surface area contributed by atoms with Crippen molar-refractivity contribution in [2.24, 2.45) is 28.1 Å². The fourth-order valence-electron chi connectivity index (χ4n) is 8.06. The van der Waals surface area contributed by atoms with E-state index in [4.69, 9.17) is 18.9 Å². The molecule has 2 saturated carbocycles. The smallest absolute Gasteiger partial charge is 0.342 e. The van der Waals surface area contributed by atoms with Crippen LogP contribution < -0.4 is 0 Å². The molecule has 0 aromatic carbocycles. The van der Waals surface area contributed by atoms with E-state index in [2.05, 4.69) is 0 Å². The van der Waals surface area contributed by atoms with E-state index in [1.54, 1.807) is 0 Å². The zero-order chi connectivity index (χ0) is 20.9. The lowest BCUT2D eigenvalue weighted by Gasteiger charge is -2.46. The molecule has 6 fully saturated rings. The molecule has 9 heteroatoms. The zero-order valence-electron chi connectivity index (χ0n) is 16.6. The number of aliphatic hydroxyl groups is 2. The van der Waals surface area contributed by atoms with Crippen LogP contribution in [-0.2, 0) is 33.3 Å². The summed E-state index contributed by atoms with van der Waals surface area (Å²) in [6, 6.07) is 0. The van der Waals surface area contributed by atoms with E-state index in [-0.39, 0.29) is 17.8 Å². The van der Waals surface area contributed by atoms with E-state index < -0.39 is 70.5 Å². The molecule has 6 rings (SSSR count). The average molecular weight is 408 g/mol. The molecule has 2 unspecified atom stereocenters. The minimum atomic E-state index is -1.97. The van der Waals surface area contributed by atoms with Crippen molar-refractivity contribution in [2.45, 2.75) is 76.3 Å². The largest absolute Gasteiger partial charge is 0.459 e. The summed E-state index contributed by atoms with van der Waals surface area (Å²) >= 11 is 0. The second-order valence-electron chi connectivity index (χ2n) is 10.6. The van der Waals surface area contributed by atoms with E-state index in [9.17, 15) is 24.6 Å². The van der Waals surface area contributed by atoms with Gasteiger partial charge < -0.3 is 29.2 Å². The lowest BCUT2D eigenvalue weighted by molar-refractivity contribution is -0.238. The van der Waals surface area contributed by atoms with Crippen molar-refractivity contribution in [1.82, 2.24) is 0 Å². The van der Waals surface area contributed by atoms with Crippen LogP contribution in [0.25, 0.3) is 0 Å². The Morgan fingerprint density at radius 2 is 1.72 bits per heavy atom. The third-order valence-electron chi connectivity index (χ3n) is 8.97.